The third-order valence-electron chi connectivity index (χ3n) is 5.87. The molecule has 1 aromatic rings. The SMILES string of the molecule is O=C(NCCCC(=O)N1CCN(C(=O)c2ccc(F)cc2Cl)CC1)NC1CCCCC1. The zero-order valence-corrected chi connectivity index (χ0v) is 18.4. The van der Waals surface area contributed by atoms with Gasteiger partial charge in [-0.15, -0.1) is 0 Å². The van der Waals surface area contributed by atoms with Crippen LogP contribution in [0.3, 0.4) is 0 Å². The molecule has 0 bridgehead atoms. The highest BCUT2D eigenvalue weighted by Gasteiger charge is 2.26. The van der Waals surface area contributed by atoms with Crippen molar-refractivity contribution in [3.63, 3.8) is 0 Å². The summed E-state index contributed by atoms with van der Waals surface area (Å²) in [7, 11) is 0. The van der Waals surface area contributed by atoms with Gasteiger partial charge in [0.15, 0.2) is 0 Å². The van der Waals surface area contributed by atoms with Gasteiger partial charge in [-0.1, -0.05) is 30.9 Å². The molecule has 0 radical (unpaired) electrons. The maximum absolute atomic E-state index is 13.2. The summed E-state index contributed by atoms with van der Waals surface area (Å²) >= 11 is 5.98. The van der Waals surface area contributed by atoms with Crippen molar-refractivity contribution in [2.45, 2.75) is 51.0 Å². The van der Waals surface area contributed by atoms with Crippen LogP contribution in [-0.4, -0.2) is 66.4 Å². The van der Waals surface area contributed by atoms with Crippen molar-refractivity contribution >= 4 is 29.4 Å². The van der Waals surface area contributed by atoms with Crippen LogP contribution in [0.2, 0.25) is 5.02 Å². The van der Waals surface area contributed by atoms with Gasteiger partial charge in [0, 0.05) is 45.2 Å². The van der Waals surface area contributed by atoms with Gasteiger partial charge >= 0.3 is 6.03 Å². The number of benzene rings is 1. The van der Waals surface area contributed by atoms with E-state index in [-0.39, 0.29) is 34.5 Å². The lowest BCUT2D eigenvalue weighted by molar-refractivity contribution is -0.132. The number of urea groups is 1. The Balaban J connectivity index is 1.33. The standard InChI is InChI=1S/C22H30ClFN4O3/c23-19-15-16(24)8-9-18(19)21(30)28-13-11-27(12-14-28)20(29)7-4-10-25-22(31)26-17-5-2-1-3-6-17/h8-9,15,17H,1-7,10-14H2,(H2,25,26,31). The molecule has 4 amide bonds. The Labute approximate surface area is 187 Å². The monoisotopic (exact) mass is 452 g/mol. The molecule has 7 nitrogen and oxygen atoms in total. The number of nitrogens with zero attached hydrogens (tertiary/aromatic N) is 2. The molecular weight excluding hydrogens is 423 g/mol. The van der Waals surface area contributed by atoms with Crippen molar-refractivity contribution in [1.82, 2.24) is 20.4 Å². The first-order valence-corrected chi connectivity index (χ1v) is 11.4. The van der Waals surface area contributed by atoms with Gasteiger partial charge in [-0.2, -0.15) is 0 Å². The van der Waals surface area contributed by atoms with Crippen molar-refractivity contribution in [3.05, 3.63) is 34.6 Å². The van der Waals surface area contributed by atoms with Crippen molar-refractivity contribution in [2.75, 3.05) is 32.7 Å². The Morgan fingerprint density at radius 2 is 1.71 bits per heavy atom. The zero-order chi connectivity index (χ0) is 22.2. The number of hydrogen-bond acceptors (Lipinski definition) is 3. The van der Waals surface area contributed by atoms with Crippen LogP contribution in [0.4, 0.5) is 9.18 Å². The van der Waals surface area contributed by atoms with Crippen molar-refractivity contribution in [1.29, 1.82) is 0 Å². The fraction of sp³-hybridized carbons (Fsp3) is 0.591. The Morgan fingerprint density at radius 3 is 2.39 bits per heavy atom. The highest BCUT2D eigenvalue weighted by molar-refractivity contribution is 6.33. The van der Waals surface area contributed by atoms with Crippen LogP contribution in [0.5, 0.6) is 0 Å². The van der Waals surface area contributed by atoms with E-state index in [4.69, 9.17) is 11.6 Å². The maximum Gasteiger partial charge on any atom is 0.315 e. The topological polar surface area (TPSA) is 81.8 Å². The van der Waals surface area contributed by atoms with E-state index in [0.29, 0.717) is 45.6 Å². The molecule has 9 heteroatoms. The van der Waals surface area contributed by atoms with E-state index >= 15 is 0 Å². The first-order valence-electron chi connectivity index (χ1n) is 11.0. The molecule has 2 N–H and O–H groups in total. The highest BCUT2D eigenvalue weighted by Crippen LogP contribution is 2.20. The van der Waals surface area contributed by atoms with Gasteiger partial charge in [0.25, 0.3) is 5.91 Å². The number of hydrogen-bond donors (Lipinski definition) is 2. The van der Waals surface area contributed by atoms with E-state index in [1.165, 1.54) is 18.6 Å². The Morgan fingerprint density at radius 1 is 1.03 bits per heavy atom. The molecule has 2 aliphatic rings. The number of nitrogens with one attached hydrogen (secondary N) is 2. The molecule has 1 saturated heterocycles. The van der Waals surface area contributed by atoms with E-state index in [9.17, 15) is 18.8 Å². The lowest BCUT2D eigenvalue weighted by atomic mass is 9.96. The normalized spacial score (nSPS) is 17.4. The summed E-state index contributed by atoms with van der Waals surface area (Å²) in [5.74, 6) is -0.732. The number of carbonyl (C=O) groups is 3. The fourth-order valence-corrected chi connectivity index (χ4v) is 4.32. The van der Waals surface area contributed by atoms with Crippen LogP contribution in [-0.2, 0) is 4.79 Å². The first-order chi connectivity index (χ1) is 14.9. The van der Waals surface area contributed by atoms with E-state index in [1.807, 2.05) is 0 Å². The fourth-order valence-electron chi connectivity index (χ4n) is 4.08. The van der Waals surface area contributed by atoms with Crippen LogP contribution in [0, 0.1) is 5.82 Å². The molecular formula is C22H30ClFN4O3. The summed E-state index contributed by atoms with van der Waals surface area (Å²) in [6, 6.07) is 3.82. The number of amides is 4. The van der Waals surface area contributed by atoms with Crippen LogP contribution >= 0.6 is 11.6 Å². The molecule has 1 heterocycles. The molecule has 2 fully saturated rings. The van der Waals surface area contributed by atoms with Crippen LogP contribution in [0.1, 0.15) is 55.3 Å². The van der Waals surface area contributed by atoms with Gasteiger partial charge in [0.1, 0.15) is 5.82 Å². The molecule has 3 rings (SSSR count). The van der Waals surface area contributed by atoms with Crippen molar-refractivity contribution in [3.8, 4) is 0 Å². The maximum atomic E-state index is 13.2. The van der Waals surface area contributed by atoms with Gasteiger partial charge in [-0.3, -0.25) is 9.59 Å². The average molecular weight is 453 g/mol. The van der Waals surface area contributed by atoms with E-state index in [1.54, 1.807) is 9.80 Å². The lowest BCUT2D eigenvalue weighted by Gasteiger charge is -2.35. The van der Waals surface area contributed by atoms with Crippen LogP contribution in [0.15, 0.2) is 18.2 Å². The molecule has 31 heavy (non-hydrogen) atoms. The molecule has 0 spiro atoms. The molecule has 1 aliphatic carbocycles. The van der Waals surface area contributed by atoms with Gasteiger partial charge < -0.3 is 20.4 Å². The second kappa shape index (κ2) is 11.3. The second-order valence-electron chi connectivity index (χ2n) is 8.14. The van der Waals surface area contributed by atoms with Crippen molar-refractivity contribution < 1.29 is 18.8 Å². The summed E-state index contributed by atoms with van der Waals surface area (Å²) in [5, 5.41) is 5.90. The van der Waals surface area contributed by atoms with E-state index < -0.39 is 5.82 Å². The number of halogens is 2. The Hall–Kier alpha value is -2.35. The van der Waals surface area contributed by atoms with E-state index in [0.717, 1.165) is 31.7 Å². The Bertz CT molecular complexity index is 793. The van der Waals surface area contributed by atoms with Crippen molar-refractivity contribution in [2.24, 2.45) is 0 Å². The van der Waals surface area contributed by atoms with Crippen LogP contribution in [0.25, 0.3) is 0 Å². The minimum absolute atomic E-state index is 0.0152. The van der Waals surface area contributed by atoms with Gasteiger partial charge in [0.05, 0.1) is 10.6 Å². The molecule has 0 aromatic heterocycles. The predicted octanol–water partition coefficient (Wildman–Crippen LogP) is 3.18. The third-order valence-corrected chi connectivity index (χ3v) is 6.19. The summed E-state index contributed by atoms with van der Waals surface area (Å²) in [5.41, 5.74) is 0.264. The quantitative estimate of drug-likeness (QED) is 0.650. The smallest absolute Gasteiger partial charge is 0.315 e. The third kappa shape index (κ3) is 6.82. The largest absolute Gasteiger partial charge is 0.339 e. The summed E-state index contributed by atoms with van der Waals surface area (Å²) in [6.45, 7) is 2.14. The zero-order valence-electron chi connectivity index (χ0n) is 17.7. The number of carbonyl (C=O) groups excluding carboxylic acids is 3. The van der Waals surface area contributed by atoms with Gasteiger partial charge in [0.2, 0.25) is 5.91 Å². The highest BCUT2D eigenvalue weighted by atomic mass is 35.5. The molecule has 0 unspecified atom stereocenters. The molecule has 1 aliphatic heterocycles. The predicted molar refractivity (Wildman–Crippen MR) is 117 cm³/mol. The molecule has 170 valence electrons. The number of piperazine rings is 1. The lowest BCUT2D eigenvalue weighted by Crippen LogP contribution is -2.50. The summed E-state index contributed by atoms with van der Waals surface area (Å²) < 4.78 is 13.2. The summed E-state index contributed by atoms with van der Waals surface area (Å²) in [4.78, 5) is 40.3. The van der Waals surface area contributed by atoms with Gasteiger partial charge in [-0.25, -0.2) is 9.18 Å². The minimum atomic E-state index is -0.488. The van der Waals surface area contributed by atoms with E-state index in [2.05, 4.69) is 10.6 Å². The minimum Gasteiger partial charge on any atom is -0.339 e. The van der Waals surface area contributed by atoms with Crippen LogP contribution < -0.4 is 10.6 Å². The molecule has 0 atom stereocenters. The molecule has 1 aromatic carbocycles. The Kier molecular flexibility index (Phi) is 8.51. The average Bonchev–Trinajstić information content (AvgIpc) is 2.77. The van der Waals surface area contributed by atoms with Gasteiger partial charge in [-0.05, 0) is 37.5 Å². The molecule has 1 saturated carbocycles. The first kappa shape index (κ1) is 23.3. The second-order valence-corrected chi connectivity index (χ2v) is 8.54. The number of rotatable bonds is 6. The summed E-state index contributed by atoms with van der Waals surface area (Å²) in [6.07, 6.45) is 6.55.